The van der Waals surface area contributed by atoms with Gasteiger partial charge in [-0.1, -0.05) is 13.8 Å². The third kappa shape index (κ3) is 0.518. The van der Waals surface area contributed by atoms with E-state index in [-0.39, 0.29) is 5.41 Å². The van der Waals surface area contributed by atoms with Gasteiger partial charge in [0.1, 0.15) is 5.78 Å². The quantitative estimate of drug-likeness (QED) is 0.500. The molecule has 1 heteroatoms. The fourth-order valence-electron chi connectivity index (χ4n) is 2.63. The zero-order valence-corrected chi connectivity index (χ0v) is 6.68. The molecule has 56 valence electrons. The van der Waals surface area contributed by atoms with Crippen molar-refractivity contribution in [3.63, 3.8) is 0 Å². The van der Waals surface area contributed by atoms with Gasteiger partial charge >= 0.3 is 0 Å². The minimum absolute atomic E-state index is 0.0880. The smallest absolute Gasteiger partial charge is 0.139 e. The molecule has 10 heavy (non-hydrogen) atoms. The lowest BCUT2D eigenvalue weighted by Crippen LogP contribution is -2.24. The van der Waals surface area contributed by atoms with Gasteiger partial charge in [-0.15, -0.1) is 0 Å². The average Bonchev–Trinajstić information content (AvgIpc) is 2.25. The second kappa shape index (κ2) is 1.63. The summed E-state index contributed by atoms with van der Waals surface area (Å²) in [5.74, 6) is 1.92. The fourth-order valence-corrected chi connectivity index (χ4v) is 2.63. The van der Waals surface area contributed by atoms with Crippen LogP contribution in [-0.2, 0) is 4.79 Å². The maximum atomic E-state index is 11.4. The zero-order valence-electron chi connectivity index (χ0n) is 6.68. The molecule has 3 atom stereocenters. The Morgan fingerprint density at radius 3 is 2.50 bits per heavy atom. The largest absolute Gasteiger partial charge is 0.299 e. The van der Waals surface area contributed by atoms with Crippen molar-refractivity contribution in [2.75, 3.05) is 0 Å². The maximum Gasteiger partial charge on any atom is 0.139 e. The van der Waals surface area contributed by atoms with Crippen LogP contribution >= 0.6 is 0 Å². The molecule has 2 saturated carbocycles. The van der Waals surface area contributed by atoms with E-state index in [9.17, 15) is 4.79 Å². The first-order chi connectivity index (χ1) is 4.64. The fraction of sp³-hybridized carbons (Fsp3) is 0.889. The first-order valence-corrected chi connectivity index (χ1v) is 4.18. The highest BCUT2D eigenvalue weighted by atomic mass is 16.1. The van der Waals surface area contributed by atoms with Gasteiger partial charge in [-0.3, -0.25) is 4.79 Å². The summed E-state index contributed by atoms with van der Waals surface area (Å²) >= 11 is 0. The summed E-state index contributed by atoms with van der Waals surface area (Å²) < 4.78 is 0. The van der Waals surface area contributed by atoms with Crippen LogP contribution in [0.5, 0.6) is 0 Å². The number of carbonyl (C=O) groups is 1. The molecule has 0 aromatic carbocycles. The SMILES string of the molecule is CC1[C@@H]2CC[C@]1(C)C(=O)C2. The van der Waals surface area contributed by atoms with E-state index in [2.05, 4.69) is 13.8 Å². The van der Waals surface area contributed by atoms with E-state index in [4.69, 9.17) is 0 Å². The number of hydrogen-bond donors (Lipinski definition) is 0. The Labute approximate surface area is 61.8 Å². The molecular weight excluding hydrogens is 124 g/mol. The van der Waals surface area contributed by atoms with E-state index in [1.807, 2.05) is 0 Å². The molecule has 0 aliphatic heterocycles. The van der Waals surface area contributed by atoms with Gasteiger partial charge in [0.15, 0.2) is 0 Å². The number of fused-ring (bicyclic) bond motifs is 2. The highest BCUT2D eigenvalue weighted by Gasteiger charge is 2.53. The van der Waals surface area contributed by atoms with Gasteiger partial charge < -0.3 is 0 Å². The van der Waals surface area contributed by atoms with Crippen LogP contribution in [0.15, 0.2) is 0 Å². The van der Waals surface area contributed by atoms with Gasteiger partial charge in [-0.2, -0.15) is 0 Å². The second-order valence-electron chi connectivity index (χ2n) is 4.13. The lowest BCUT2D eigenvalue weighted by atomic mass is 9.81. The molecule has 1 unspecified atom stereocenters. The Bertz CT molecular complexity index is 185. The van der Waals surface area contributed by atoms with Crippen molar-refractivity contribution in [3.05, 3.63) is 0 Å². The summed E-state index contributed by atoms with van der Waals surface area (Å²) in [6.07, 6.45) is 3.32. The highest BCUT2D eigenvalue weighted by Crippen LogP contribution is 2.55. The van der Waals surface area contributed by atoms with Crippen molar-refractivity contribution in [1.29, 1.82) is 0 Å². The Hall–Kier alpha value is -0.330. The van der Waals surface area contributed by atoms with Gasteiger partial charge in [-0.25, -0.2) is 0 Å². The Morgan fingerprint density at radius 2 is 2.30 bits per heavy atom. The predicted octanol–water partition coefficient (Wildman–Crippen LogP) is 2.01. The lowest BCUT2D eigenvalue weighted by Gasteiger charge is -2.21. The van der Waals surface area contributed by atoms with Crippen LogP contribution in [0.25, 0.3) is 0 Å². The molecule has 0 amide bonds. The lowest BCUT2D eigenvalue weighted by molar-refractivity contribution is -0.126. The molecule has 0 aromatic heterocycles. The number of Topliss-reactive ketones (excluding diaryl/α,β-unsaturated/α-hetero) is 1. The number of rotatable bonds is 0. The summed E-state index contributed by atoms with van der Waals surface area (Å²) in [5, 5.41) is 0. The van der Waals surface area contributed by atoms with Crippen LogP contribution < -0.4 is 0 Å². The predicted molar refractivity (Wildman–Crippen MR) is 39.6 cm³/mol. The Morgan fingerprint density at radius 1 is 1.60 bits per heavy atom. The summed E-state index contributed by atoms with van der Waals surface area (Å²) in [4.78, 5) is 11.4. The number of ketones is 1. The molecule has 0 radical (unpaired) electrons. The van der Waals surface area contributed by atoms with E-state index < -0.39 is 0 Å². The van der Waals surface area contributed by atoms with E-state index in [1.54, 1.807) is 0 Å². The summed E-state index contributed by atoms with van der Waals surface area (Å²) in [7, 11) is 0. The van der Waals surface area contributed by atoms with E-state index in [0.29, 0.717) is 11.7 Å². The minimum Gasteiger partial charge on any atom is -0.299 e. The third-order valence-electron chi connectivity index (χ3n) is 3.83. The van der Waals surface area contributed by atoms with E-state index >= 15 is 0 Å². The molecular formula is C9H14O. The van der Waals surface area contributed by atoms with Crippen LogP contribution in [0.2, 0.25) is 0 Å². The molecule has 2 aliphatic rings. The molecule has 2 rings (SSSR count). The Balaban J connectivity index is 2.37. The van der Waals surface area contributed by atoms with Gasteiger partial charge in [0.05, 0.1) is 0 Å². The first-order valence-electron chi connectivity index (χ1n) is 4.18. The van der Waals surface area contributed by atoms with Crippen molar-refractivity contribution in [1.82, 2.24) is 0 Å². The topological polar surface area (TPSA) is 17.1 Å². The van der Waals surface area contributed by atoms with Gasteiger partial charge in [0.25, 0.3) is 0 Å². The third-order valence-corrected chi connectivity index (χ3v) is 3.83. The van der Waals surface area contributed by atoms with Gasteiger partial charge in [0.2, 0.25) is 0 Å². The molecule has 1 nitrogen and oxygen atoms in total. The van der Waals surface area contributed by atoms with Crippen molar-refractivity contribution < 1.29 is 4.79 Å². The molecule has 2 fully saturated rings. The molecule has 0 aromatic rings. The van der Waals surface area contributed by atoms with Gasteiger partial charge in [-0.05, 0) is 24.7 Å². The first kappa shape index (κ1) is 6.38. The molecule has 0 spiro atoms. The van der Waals surface area contributed by atoms with Crippen LogP contribution in [-0.4, -0.2) is 5.78 Å². The van der Waals surface area contributed by atoms with Crippen molar-refractivity contribution in [2.45, 2.75) is 33.1 Å². The summed E-state index contributed by atoms with van der Waals surface area (Å²) in [6, 6.07) is 0. The van der Waals surface area contributed by atoms with E-state index in [1.165, 1.54) is 6.42 Å². The van der Waals surface area contributed by atoms with Crippen molar-refractivity contribution >= 4 is 5.78 Å². The molecule has 2 aliphatic carbocycles. The minimum atomic E-state index is 0.0880. The number of hydrogen-bond acceptors (Lipinski definition) is 1. The van der Waals surface area contributed by atoms with Crippen LogP contribution in [0, 0.1) is 17.3 Å². The van der Waals surface area contributed by atoms with Crippen LogP contribution in [0.3, 0.4) is 0 Å². The molecule has 2 bridgehead atoms. The monoisotopic (exact) mass is 138 g/mol. The van der Waals surface area contributed by atoms with Crippen molar-refractivity contribution in [3.8, 4) is 0 Å². The standard InChI is InChI=1S/C9H14O/c1-6-7-3-4-9(6,2)8(10)5-7/h6-7H,3-5H2,1-2H3/t6?,7-,9+/m1/s1. The van der Waals surface area contributed by atoms with Crippen LogP contribution in [0.1, 0.15) is 33.1 Å². The molecule has 0 heterocycles. The summed E-state index contributed by atoms with van der Waals surface area (Å²) in [5.41, 5.74) is 0.0880. The van der Waals surface area contributed by atoms with Gasteiger partial charge in [0, 0.05) is 11.8 Å². The summed E-state index contributed by atoms with van der Waals surface area (Å²) in [6.45, 7) is 4.38. The van der Waals surface area contributed by atoms with E-state index in [0.717, 1.165) is 18.8 Å². The number of carbonyl (C=O) groups excluding carboxylic acids is 1. The molecule has 0 saturated heterocycles. The Kier molecular flexibility index (Phi) is 1.04. The molecule has 0 N–H and O–H groups in total. The highest BCUT2D eigenvalue weighted by molar-refractivity contribution is 5.88. The maximum absolute atomic E-state index is 11.4. The normalized spacial score (nSPS) is 52.4. The zero-order chi connectivity index (χ0) is 7.35. The van der Waals surface area contributed by atoms with Crippen molar-refractivity contribution in [2.24, 2.45) is 17.3 Å². The van der Waals surface area contributed by atoms with Crippen LogP contribution in [0.4, 0.5) is 0 Å². The second-order valence-corrected chi connectivity index (χ2v) is 4.13. The average molecular weight is 138 g/mol.